The number of carboxylic acids is 1. The quantitative estimate of drug-likeness (QED) is 0.726. The number of aromatic carboxylic acids is 1. The number of halogens is 1. The van der Waals surface area contributed by atoms with Crippen molar-refractivity contribution in [2.75, 3.05) is 11.3 Å². The molecule has 0 aromatic heterocycles. The van der Waals surface area contributed by atoms with Crippen molar-refractivity contribution in [2.45, 2.75) is 6.92 Å². The second kappa shape index (κ2) is 6.57. The van der Waals surface area contributed by atoms with Gasteiger partial charge in [-0.3, -0.25) is 4.72 Å². The maximum Gasteiger partial charge on any atom is 0.422 e. The molecule has 3 N–H and O–H groups in total. The molecule has 20 heavy (non-hydrogen) atoms. The number of hydrogen-bond donors (Lipinski definition) is 3. The first-order chi connectivity index (χ1) is 9.25. The lowest BCUT2D eigenvalue weighted by Crippen LogP contribution is -2.35. The number of anilines is 1. The van der Waals surface area contributed by atoms with Crippen molar-refractivity contribution in [3.05, 3.63) is 28.2 Å². The Morgan fingerprint density at radius 2 is 2.05 bits per heavy atom. The highest BCUT2D eigenvalue weighted by molar-refractivity contribution is 9.10. The van der Waals surface area contributed by atoms with Gasteiger partial charge in [0.2, 0.25) is 0 Å². The van der Waals surface area contributed by atoms with Crippen LogP contribution in [0.2, 0.25) is 0 Å². The summed E-state index contributed by atoms with van der Waals surface area (Å²) in [5.74, 6) is -1.23. The smallest absolute Gasteiger partial charge is 0.422 e. The van der Waals surface area contributed by atoms with Crippen LogP contribution in [0.4, 0.5) is 10.5 Å². The Kier molecular flexibility index (Phi) is 5.34. The largest absolute Gasteiger partial charge is 0.478 e. The number of carbonyl (C=O) groups excluding carboxylic acids is 1. The zero-order valence-corrected chi connectivity index (χ0v) is 12.6. The Labute approximate surface area is 123 Å². The summed E-state index contributed by atoms with van der Waals surface area (Å²) in [6.45, 7) is 1.54. The maximum atomic E-state index is 11.6. The summed E-state index contributed by atoms with van der Waals surface area (Å²) in [5.41, 5.74) is -0.135. The van der Waals surface area contributed by atoms with E-state index in [1.807, 2.05) is 4.72 Å². The highest BCUT2D eigenvalue weighted by Crippen LogP contribution is 2.21. The summed E-state index contributed by atoms with van der Waals surface area (Å²) >= 11 is 3.02. The van der Waals surface area contributed by atoms with Crippen LogP contribution in [0.25, 0.3) is 0 Å². The summed E-state index contributed by atoms with van der Waals surface area (Å²) in [6.07, 6.45) is -1.13. The van der Waals surface area contributed by atoms with Gasteiger partial charge in [-0.1, -0.05) is 0 Å². The van der Waals surface area contributed by atoms with Crippen molar-refractivity contribution >= 4 is 43.9 Å². The molecule has 0 radical (unpaired) electrons. The first-order valence-corrected chi connectivity index (χ1v) is 7.53. The summed E-state index contributed by atoms with van der Waals surface area (Å²) in [4.78, 5) is 21.9. The molecule has 0 aliphatic carbocycles. The van der Waals surface area contributed by atoms with E-state index in [4.69, 9.17) is 5.11 Å². The van der Waals surface area contributed by atoms with E-state index >= 15 is 0 Å². The molecule has 1 aromatic carbocycles. The number of rotatable bonds is 5. The zero-order chi connectivity index (χ0) is 15.3. The lowest BCUT2D eigenvalue weighted by Gasteiger charge is -2.10. The van der Waals surface area contributed by atoms with Crippen LogP contribution in [0.15, 0.2) is 22.7 Å². The number of carbonyl (C=O) groups is 2. The van der Waals surface area contributed by atoms with Crippen LogP contribution in [-0.2, 0) is 14.9 Å². The number of nitrogens with one attached hydrogen (secondary N) is 2. The van der Waals surface area contributed by atoms with Crippen LogP contribution in [0, 0.1) is 0 Å². The summed E-state index contributed by atoms with van der Waals surface area (Å²) in [7, 11) is -4.19. The zero-order valence-electron chi connectivity index (χ0n) is 10.2. The first-order valence-electron chi connectivity index (χ1n) is 5.25. The lowest BCUT2D eigenvalue weighted by molar-refractivity contribution is 0.0696. The van der Waals surface area contributed by atoms with E-state index in [9.17, 15) is 18.0 Å². The maximum absolute atomic E-state index is 11.6. The van der Waals surface area contributed by atoms with Crippen LogP contribution < -0.4 is 9.44 Å². The predicted octanol–water partition coefficient (Wildman–Crippen LogP) is 1.55. The molecule has 8 nitrogen and oxygen atoms in total. The molecule has 0 saturated carbocycles. The van der Waals surface area contributed by atoms with Gasteiger partial charge in [0.25, 0.3) is 0 Å². The third-order valence-corrected chi connectivity index (χ3v) is 3.57. The van der Waals surface area contributed by atoms with Crippen LogP contribution in [0.3, 0.4) is 0 Å². The van der Waals surface area contributed by atoms with Gasteiger partial charge < -0.3 is 9.84 Å². The molecule has 0 fully saturated rings. The highest BCUT2D eigenvalue weighted by Gasteiger charge is 2.16. The van der Waals surface area contributed by atoms with E-state index in [1.165, 1.54) is 19.1 Å². The van der Waals surface area contributed by atoms with Gasteiger partial charge in [0.05, 0.1) is 17.9 Å². The molecule has 10 heteroatoms. The Hall–Kier alpha value is -1.81. The molecule has 0 bridgehead atoms. The van der Waals surface area contributed by atoms with E-state index in [2.05, 4.69) is 20.7 Å². The number of hydrogen-bond acceptors (Lipinski definition) is 5. The first kappa shape index (κ1) is 16.2. The second-order valence-electron chi connectivity index (χ2n) is 3.43. The topological polar surface area (TPSA) is 122 Å². The molecule has 1 amide bonds. The summed E-state index contributed by atoms with van der Waals surface area (Å²) < 4.78 is 31.5. The number of amides is 1. The van der Waals surface area contributed by atoms with Crippen molar-refractivity contribution < 1.29 is 27.9 Å². The lowest BCUT2D eigenvalue weighted by atomic mass is 10.2. The number of benzene rings is 1. The molecule has 1 rings (SSSR count). The third kappa shape index (κ3) is 4.70. The molecule has 110 valence electrons. The van der Waals surface area contributed by atoms with Gasteiger partial charge in [-0.15, -0.1) is 0 Å². The van der Waals surface area contributed by atoms with Gasteiger partial charge in [-0.25, -0.2) is 14.3 Å². The molecule has 0 aliphatic rings. The van der Waals surface area contributed by atoms with Crippen molar-refractivity contribution in [3.8, 4) is 0 Å². The molecule has 0 saturated heterocycles. The molecular weight excluding hydrogens is 356 g/mol. The minimum absolute atomic E-state index is 0.0117. The van der Waals surface area contributed by atoms with E-state index in [-0.39, 0.29) is 17.9 Å². The average molecular weight is 367 g/mol. The van der Waals surface area contributed by atoms with E-state index in [0.717, 1.165) is 6.07 Å². The fourth-order valence-electron chi connectivity index (χ4n) is 1.20. The van der Waals surface area contributed by atoms with E-state index < -0.39 is 22.3 Å². The molecule has 0 spiro atoms. The summed E-state index contributed by atoms with van der Waals surface area (Å²) in [5, 5.41) is 8.91. The van der Waals surface area contributed by atoms with Gasteiger partial charge in [-0.05, 0) is 41.1 Å². The van der Waals surface area contributed by atoms with Crippen LogP contribution in [0.1, 0.15) is 17.3 Å². The van der Waals surface area contributed by atoms with Crippen LogP contribution in [0.5, 0.6) is 0 Å². The summed E-state index contributed by atoms with van der Waals surface area (Å²) in [6, 6.07) is 3.81. The molecule has 1 aromatic rings. The normalized spacial score (nSPS) is 10.7. The molecule has 0 heterocycles. The SMILES string of the molecule is CCOC(=O)NS(=O)(=O)Nc1ccc(Br)c(C(=O)O)c1. The van der Waals surface area contributed by atoms with Crippen molar-refractivity contribution in [1.29, 1.82) is 0 Å². The minimum Gasteiger partial charge on any atom is -0.478 e. The van der Waals surface area contributed by atoms with Gasteiger partial charge >= 0.3 is 22.3 Å². The third-order valence-electron chi connectivity index (χ3n) is 1.94. The van der Waals surface area contributed by atoms with Crippen LogP contribution >= 0.6 is 15.9 Å². The monoisotopic (exact) mass is 366 g/mol. The number of ether oxygens (including phenoxy) is 1. The average Bonchev–Trinajstić information content (AvgIpc) is 2.30. The van der Waals surface area contributed by atoms with E-state index in [0.29, 0.717) is 4.47 Å². The molecular formula is C10H11BrN2O6S. The Morgan fingerprint density at radius 1 is 1.40 bits per heavy atom. The Bertz CT molecular complexity index is 631. The molecule has 0 aliphatic heterocycles. The molecule has 0 unspecified atom stereocenters. The van der Waals surface area contributed by atoms with Crippen molar-refractivity contribution in [1.82, 2.24) is 4.72 Å². The Balaban J connectivity index is 2.90. The van der Waals surface area contributed by atoms with Gasteiger partial charge in [0.1, 0.15) is 0 Å². The second-order valence-corrected chi connectivity index (χ2v) is 5.70. The molecule has 0 atom stereocenters. The predicted molar refractivity (Wildman–Crippen MR) is 73.8 cm³/mol. The van der Waals surface area contributed by atoms with Crippen molar-refractivity contribution in [3.63, 3.8) is 0 Å². The van der Waals surface area contributed by atoms with Gasteiger partial charge in [0, 0.05) is 4.47 Å². The highest BCUT2D eigenvalue weighted by atomic mass is 79.9. The Morgan fingerprint density at radius 3 is 2.60 bits per heavy atom. The number of carboxylic acid groups (broad SMARTS) is 1. The van der Waals surface area contributed by atoms with Crippen LogP contribution in [-0.4, -0.2) is 32.2 Å². The van der Waals surface area contributed by atoms with E-state index in [1.54, 1.807) is 4.72 Å². The minimum atomic E-state index is -4.19. The van der Waals surface area contributed by atoms with Crippen molar-refractivity contribution in [2.24, 2.45) is 0 Å². The standard InChI is InChI=1S/C10H11BrN2O6S/c1-2-19-10(16)13-20(17,18)12-6-3-4-8(11)7(5-6)9(14)15/h3-5,12H,2H2,1H3,(H,13,16)(H,14,15). The fraction of sp³-hybridized carbons (Fsp3) is 0.200. The van der Waals surface area contributed by atoms with Gasteiger partial charge in [-0.2, -0.15) is 8.42 Å². The fourth-order valence-corrected chi connectivity index (χ4v) is 2.39. The van der Waals surface area contributed by atoms with Gasteiger partial charge in [0.15, 0.2) is 0 Å².